The van der Waals surface area contributed by atoms with Crippen LogP contribution in [0.5, 0.6) is 0 Å². The Hall–Kier alpha value is -5.85. The lowest BCUT2D eigenvalue weighted by atomic mass is 10.0. The number of ether oxygens (including phenoxy) is 5. The summed E-state index contributed by atoms with van der Waals surface area (Å²) in [6.45, 7) is -0.499. The first-order valence-electron chi connectivity index (χ1n) is 15.3. The molecule has 1 saturated heterocycles. The topological polar surface area (TPSA) is 135 Å². The molecule has 0 aliphatic carbocycles. The maximum Gasteiger partial charge on any atom is 0.338 e. The maximum absolute atomic E-state index is 13.6. The fourth-order valence-corrected chi connectivity index (χ4v) is 5.53. The van der Waals surface area contributed by atoms with Gasteiger partial charge in [-0.3, -0.25) is 4.57 Å². The molecule has 49 heavy (non-hydrogen) atoms. The van der Waals surface area contributed by atoms with Crippen LogP contribution in [0.4, 0.5) is 0 Å². The van der Waals surface area contributed by atoms with Gasteiger partial charge in [0.2, 0.25) is 0 Å². The van der Waals surface area contributed by atoms with Crippen LogP contribution in [0.25, 0.3) is 0 Å². The van der Waals surface area contributed by atoms with E-state index >= 15 is 0 Å². The van der Waals surface area contributed by atoms with Crippen LogP contribution in [-0.2, 0) is 23.7 Å². The number of hydrogen-bond acceptors (Lipinski definition) is 10. The van der Waals surface area contributed by atoms with Gasteiger partial charge in [-0.15, -0.1) is 0 Å². The van der Waals surface area contributed by atoms with Crippen LogP contribution in [-0.4, -0.2) is 64.5 Å². The van der Waals surface area contributed by atoms with Crippen LogP contribution >= 0.6 is 12.2 Å². The molecule has 1 aromatic heterocycles. The first-order valence-corrected chi connectivity index (χ1v) is 15.7. The lowest BCUT2D eigenvalue weighted by molar-refractivity contribution is -0.107. The molecule has 11 nitrogen and oxygen atoms in total. The monoisotopic (exact) mass is 678 g/mol. The molecule has 2 heterocycles. The predicted molar refractivity (Wildman–Crippen MR) is 177 cm³/mol. The number of nitrogens with zero attached hydrogens (tertiary/aromatic N) is 1. The van der Waals surface area contributed by atoms with Crippen LogP contribution in [0.3, 0.4) is 0 Å². The van der Waals surface area contributed by atoms with Crippen molar-refractivity contribution in [3.8, 4) is 0 Å². The van der Waals surface area contributed by atoms with Crippen LogP contribution in [0, 0.1) is 4.77 Å². The van der Waals surface area contributed by atoms with Gasteiger partial charge in [0.15, 0.2) is 29.3 Å². The number of benzene rings is 4. The Morgan fingerprint density at radius 1 is 0.653 bits per heavy atom. The molecular formula is C37H30N2O9S. The second-order valence-electron chi connectivity index (χ2n) is 10.9. The summed E-state index contributed by atoms with van der Waals surface area (Å²) in [4.78, 5) is 56.5. The van der Waals surface area contributed by atoms with Gasteiger partial charge >= 0.3 is 23.9 Å². The minimum atomic E-state index is -1.38. The highest BCUT2D eigenvalue weighted by Crippen LogP contribution is 2.38. The first-order chi connectivity index (χ1) is 23.9. The van der Waals surface area contributed by atoms with Gasteiger partial charge in [-0.1, -0.05) is 72.8 Å². The molecule has 12 heteroatoms. The van der Waals surface area contributed by atoms with E-state index < -0.39 is 61.1 Å². The molecule has 0 saturated carbocycles. The summed E-state index contributed by atoms with van der Waals surface area (Å²) in [5, 5.41) is 0. The number of carbonyl (C=O) groups excluding carboxylic acids is 4. The van der Waals surface area contributed by atoms with Crippen molar-refractivity contribution in [3.05, 3.63) is 161 Å². The lowest BCUT2D eigenvalue weighted by Crippen LogP contribution is -2.47. The van der Waals surface area contributed by atoms with E-state index in [2.05, 4.69) is 4.98 Å². The third-order valence-corrected chi connectivity index (χ3v) is 8.03. The van der Waals surface area contributed by atoms with Crippen molar-refractivity contribution in [1.82, 2.24) is 9.55 Å². The maximum atomic E-state index is 13.6. The van der Waals surface area contributed by atoms with Gasteiger partial charge in [0.25, 0.3) is 0 Å². The average molecular weight is 679 g/mol. The van der Waals surface area contributed by atoms with Crippen LogP contribution < -0.4 is 0 Å². The SMILES string of the molecule is O=C(OC[C@@H](OC(=O)c1ccccc1)[C@@H]1O[C@@H](n2cc[nH]c2=S)[C@H](OC(=O)c2ccccc2)[C@H]1OC(=O)c1ccccc1)c1ccccc1. The Kier molecular flexibility index (Phi) is 10.4. The molecule has 0 radical (unpaired) electrons. The van der Waals surface area contributed by atoms with Crippen molar-refractivity contribution >= 4 is 36.1 Å². The molecule has 0 bridgehead atoms. The molecule has 5 aromatic rings. The van der Waals surface area contributed by atoms with Gasteiger partial charge in [0.1, 0.15) is 12.7 Å². The summed E-state index contributed by atoms with van der Waals surface area (Å²) >= 11 is 5.49. The highest BCUT2D eigenvalue weighted by Gasteiger charge is 2.55. The van der Waals surface area contributed by atoms with Crippen LogP contribution in [0.2, 0.25) is 0 Å². The standard InChI is InChI=1S/C37H30N2O9S/c40-33(24-13-5-1-6-14-24)44-23-28(45-34(41)25-15-7-2-8-16-25)29-30(47-35(42)26-17-9-3-10-18-26)31(32(46-29)39-22-21-38-37(39)49)48-36(43)27-19-11-4-12-20-27/h1-22,28-32H,23H2,(H,38,49)/t28-,29+,30+,31-,32-/m1/s1. The number of rotatable bonds is 11. The summed E-state index contributed by atoms with van der Waals surface area (Å²) < 4.78 is 31.9. The quantitative estimate of drug-likeness (QED) is 0.101. The molecular weight excluding hydrogens is 648 g/mol. The van der Waals surface area contributed by atoms with Gasteiger partial charge in [0.05, 0.1) is 22.3 Å². The third kappa shape index (κ3) is 7.83. The largest absolute Gasteiger partial charge is 0.458 e. The van der Waals surface area contributed by atoms with Gasteiger partial charge in [-0.2, -0.15) is 0 Å². The van der Waals surface area contributed by atoms with Crippen molar-refractivity contribution in [1.29, 1.82) is 0 Å². The molecule has 6 rings (SSSR count). The summed E-state index contributed by atoms with van der Waals surface area (Å²) in [5.41, 5.74) is 0.930. The summed E-state index contributed by atoms with van der Waals surface area (Å²) in [7, 11) is 0. The number of hydrogen-bond donors (Lipinski definition) is 1. The summed E-state index contributed by atoms with van der Waals surface area (Å²) in [5.74, 6) is -2.92. The predicted octanol–water partition coefficient (Wildman–Crippen LogP) is 5.98. The average Bonchev–Trinajstić information content (AvgIpc) is 3.73. The molecule has 248 valence electrons. The molecule has 0 spiro atoms. The second kappa shape index (κ2) is 15.4. The highest BCUT2D eigenvalue weighted by molar-refractivity contribution is 7.71. The molecule has 5 atom stereocenters. The number of aromatic amines is 1. The van der Waals surface area contributed by atoms with E-state index in [1.54, 1.807) is 134 Å². The second-order valence-corrected chi connectivity index (χ2v) is 11.3. The smallest absolute Gasteiger partial charge is 0.338 e. The molecule has 1 N–H and O–H groups in total. The number of aromatic nitrogens is 2. The number of nitrogens with one attached hydrogen (secondary N) is 1. The minimum Gasteiger partial charge on any atom is -0.458 e. The first kappa shape index (κ1) is 33.1. The Labute approximate surface area is 286 Å². The van der Waals surface area contributed by atoms with Gasteiger partial charge in [-0.05, 0) is 60.7 Å². The molecule has 1 aliphatic rings. The van der Waals surface area contributed by atoms with Gasteiger partial charge < -0.3 is 28.7 Å². The van der Waals surface area contributed by atoms with Gasteiger partial charge in [-0.25, -0.2) is 19.2 Å². The Balaban J connectivity index is 1.40. The molecule has 1 aliphatic heterocycles. The van der Waals surface area contributed by atoms with Crippen LogP contribution in [0.1, 0.15) is 47.7 Å². The molecule has 4 aromatic carbocycles. The van der Waals surface area contributed by atoms with E-state index in [4.69, 9.17) is 35.9 Å². The zero-order chi connectivity index (χ0) is 34.2. The van der Waals surface area contributed by atoms with Crippen LogP contribution in [0.15, 0.2) is 134 Å². The Morgan fingerprint density at radius 3 is 1.57 bits per heavy atom. The number of H-pyrrole nitrogens is 1. The zero-order valence-corrected chi connectivity index (χ0v) is 26.6. The summed E-state index contributed by atoms with van der Waals surface area (Å²) in [6.07, 6.45) is -3.39. The zero-order valence-electron chi connectivity index (χ0n) is 25.8. The number of carbonyl (C=O) groups is 4. The van der Waals surface area contributed by atoms with E-state index in [0.717, 1.165) is 0 Å². The molecule has 0 unspecified atom stereocenters. The van der Waals surface area contributed by atoms with E-state index in [9.17, 15) is 19.2 Å². The number of imidazole rings is 1. The van der Waals surface area contributed by atoms with Crippen molar-refractivity contribution < 1.29 is 42.9 Å². The fourth-order valence-electron chi connectivity index (χ4n) is 5.30. The molecule has 1 fully saturated rings. The van der Waals surface area contributed by atoms with Crippen molar-refractivity contribution in [3.63, 3.8) is 0 Å². The van der Waals surface area contributed by atoms with E-state index in [1.165, 1.54) is 4.57 Å². The van der Waals surface area contributed by atoms with E-state index in [-0.39, 0.29) is 27.0 Å². The van der Waals surface area contributed by atoms with Crippen molar-refractivity contribution in [2.75, 3.05) is 6.61 Å². The lowest BCUT2D eigenvalue weighted by Gasteiger charge is -2.28. The van der Waals surface area contributed by atoms with E-state index in [0.29, 0.717) is 0 Å². The van der Waals surface area contributed by atoms with Crippen molar-refractivity contribution in [2.45, 2.75) is 30.6 Å². The molecule has 0 amide bonds. The normalized spacial score (nSPS) is 18.9. The highest BCUT2D eigenvalue weighted by atomic mass is 32.1. The number of esters is 4. The Bertz CT molecular complexity index is 1950. The summed E-state index contributed by atoms with van der Waals surface area (Å²) in [6, 6.07) is 32.9. The van der Waals surface area contributed by atoms with Gasteiger partial charge in [0, 0.05) is 12.4 Å². The fraction of sp³-hybridized carbons (Fsp3) is 0.162. The van der Waals surface area contributed by atoms with E-state index in [1.807, 2.05) is 0 Å². The Morgan fingerprint density at radius 2 is 1.10 bits per heavy atom. The van der Waals surface area contributed by atoms with Crippen molar-refractivity contribution in [2.24, 2.45) is 0 Å². The minimum absolute atomic E-state index is 0.212. The third-order valence-electron chi connectivity index (χ3n) is 7.70.